The summed E-state index contributed by atoms with van der Waals surface area (Å²) >= 11 is 0. The fourth-order valence-electron chi connectivity index (χ4n) is 4.41. The fourth-order valence-corrected chi connectivity index (χ4v) is 4.41. The number of aliphatic hydroxyl groups excluding tert-OH is 1. The summed E-state index contributed by atoms with van der Waals surface area (Å²) in [6.07, 6.45) is 0. The van der Waals surface area contributed by atoms with Crippen LogP contribution in [0.1, 0.15) is 31.0 Å². The molecule has 1 unspecified atom stereocenters. The number of hydrogen-bond donors (Lipinski definition) is 1. The number of ketones is 1. The van der Waals surface area contributed by atoms with Crippen molar-refractivity contribution in [1.82, 2.24) is 9.80 Å². The number of nitrogens with zero attached hydrogens (tertiary/aromatic N) is 2. The van der Waals surface area contributed by atoms with E-state index in [1.807, 2.05) is 13.8 Å². The Morgan fingerprint density at radius 1 is 0.889 bits per heavy atom. The van der Waals surface area contributed by atoms with Gasteiger partial charge in [0.15, 0.2) is 11.5 Å². The topological polar surface area (TPSA) is 97.8 Å². The minimum absolute atomic E-state index is 0.0293. The van der Waals surface area contributed by atoms with Crippen LogP contribution in [0.4, 0.5) is 0 Å². The molecule has 1 aliphatic heterocycles. The Hall–Kier alpha value is -3.72. The maximum atomic E-state index is 13.4. The van der Waals surface area contributed by atoms with Crippen molar-refractivity contribution in [1.29, 1.82) is 0 Å². The molecule has 1 amide bonds. The van der Waals surface area contributed by atoms with Gasteiger partial charge in [-0.25, -0.2) is 0 Å². The lowest BCUT2D eigenvalue weighted by Crippen LogP contribution is -2.38. The third-order valence-corrected chi connectivity index (χ3v) is 6.48. The summed E-state index contributed by atoms with van der Waals surface area (Å²) in [5.74, 6) is -0.0140. The summed E-state index contributed by atoms with van der Waals surface area (Å²) in [4.78, 5) is 30.3. The van der Waals surface area contributed by atoms with E-state index in [2.05, 4.69) is 4.90 Å². The molecule has 0 spiro atoms. The van der Waals surface area contributed by atoms with Crippen LogP contribution in [0, 0.1) is 0 Å². The Kier molecular flexibility index (Phi) is 8.82. The van der Waals surface area contributed by atoms with E-state index in [0.717, 1.165) is 13.1 Å². The standard InChI is InChI=1S/C27H34N2O7/c1-7-28(8-2)13-14-29-24(17-9-11-21(35-5)22(15-17)36-6)23(26(31)27(29)32)25(30)19-16-18(33-3)10-12-20(19)34-4/h9-12,15-16,24,30H,7-8,13-14H2,1-6H3/b25-23+. The van der Waals surface area contributed by atoms with Gasteiger partial charge in [0.1, 0.15) is 17.3 Å². The first-order chi connectivity index (χ1) is 17.3. The highest BCUT2D eigenvalue weighted by Gasteiger charge is 2.46. The highest BCUT2D eigenvalue weighted by Crippen LogP contribution is 2.43. The minimum Gasteiger partial charge on any atom is -0.507 e. The largest absolute Gasteiger partial charge is 0.507 e. The van der Waals surface area contributed by atoms with Gasteiger partial charge in [0, 0.05) is 13.1 Å². The van der Waals surface area contributed by atoms with E-state index >= 15 is 0 Å². The molecule has 2 aromatic carbocycles. The molecule has 1 fully saturated rings. The van der Waals surface area contributed by atoms with Gasteiger partial charge in [0.05, 0.1) is 45.6 Å². The highest BCUT2D eigenvalue weighted by molar-refractivity contribution is 6.46. The van der Waals surface area contributed by atoms with Crippen LogP contribution in [0.2, 0.25) is 0 Å². The van der Waals surface area contributed by atoms with Gasteiger partial charge >= 0.3 is 0 Å². The number of likely N-dealkylation sites (N-methyl/N-ethyl adjacent to an activating group) is 1. The van der Waals surface area contributed by atoms with Crippen molar-refractivity contribution < 1.29 is 33.6 Å². The Bertz CT molecular complexity index is 1140. The summed E-state index contributed by atoms with van der Waals surface area (Å²) in [6.45, 7) is 6.57. The highest BCUT2D eigenvalue weighted by atomic mass is 16.5. The number of Topliss-reactive ketones (excluding diaryl/α,β-unsaturated/α-hetero) is 1. The smallest absolute Gasteiger partial charge is 0.295 e. The number of hydrogen-bond acceptors (Lipinski definition) is 8. The molecule has 3 rings (SSSR count). The van der Waals surface area contributed by atoms with Crippen LogP contribution in [0.15, 0.2) is 42.0 Å². The number of methoxy groups -OCH3 is 4. The number of benzene rings is 2. The lowest BCUT2D eigenvalue weighted by atomic mass is 9.94. The maximum Gasteiger partial charge on any atom is 0.295 e. The quantitative estimate of drug-likeness (QED) is 0.286. The van der Waals surface area contributed by atoms with E-state index in [4.69, 9.17) is 18.9 Å². The average molecular weight is 499 g/mol. The second-order valence-corrected chi connectivity index (χ2v) is 8.20. The lowest BCUT2D eigenvalue weighted by Gasteiger charge is -2.28. The van der Waals surface area contributed by atoms with Crippen LogP contribution in [-0.2, 0) is 9.59 Å². The molecule has 9 heteroatoms. The first-order valence-corrected chi connectivity index (χ1v) is 11.8. The zero-order valence-electron chi connectivity index (χ0n) is 21.7. The predicted octanol–water partition coefficient (Wildman–Crippen LogP) is 3.48. The lowest BCUT2D eigenvalue weighted by molar-refractivity contribution is -0.140. The van der Waals surface area contributed by atoms with Gasteiger partial charge in [-0.1, -0.05) is 19.9 Å². The molecule has 0 radical (unpaired) electrons. The molecule has 1 atom stereocenters. The van der Waals surface area contributed by atoms with E-state index in [-0.39, 0.29) is 16.9 Å². The molecule has 1 aliphatic rings. The van der Waals surface area contributed by atoms with Crippen LogP contribution in [-0.4, -0.2) is 81.2 Å². The van der Waals surface area contributed by atoms with Gasteiger partial charge in [-0.2, -0.15) is 0 Å². The van der Waals surface area contributed by atoms with Gasteiger partial charge in [0.25, 0.3) is 11.7 Å². The van der Waals surface area contributed by atoms with Crippen molar-refractivity contribution in [3.63, 3.8) is 0 Å². The van der Waals surface area contributed by atoms with E-state index in [1.54, 1.807) is 36.4 Å². The minimum atomic E-state index is -0.837. The molecule has 0 aromatic heterocycles. The van der Waals surface area contributed by atoms with Gasteiger partial charge in [-0.05, 0) is 49.0 Å². The van der Waals surface area contributed by atoms with Crippen LogP contribution in [0.5, 0.6) is 23.0 Å². The molecular formula is C27H34N2O7. The first kappa shape index (κ1) is 26.9. The molecule has 0 aliphatic carbocycles. The van der Waals surface area contributed by atoms with Gasteiger partial charge in [0.2, 0.25) is 0 Å². The van der Waals surface area contributed by atoms with Crippen molar-refractivity contribution in [2.75, 3.05) is 54.6 Å². The molecule has 1 N–H and O–H groups in total. The number of carbonyl (C=O) groups excluding carboxylic acids is 2. The Balaban J connectivity index is 2.22. The molecule has 2 aromatic rings. The average Bonchev–Trinajstić information content (AvgIpc) is 3.17. The number of amides is 1. The summed E-state index contributed by atoms with van der Waals surface area (Å²) < 4.78 is 21.6. The maximum absolute atomic E-state index is 13.4. The Labute approximate surface area is 211 Å². The molecular weight excluding hydrogens is 464 g/mol. The summed E-state index contributed by atoms with van der Waals surface area (Å²) in [7, 11) is 6.01. The summed E-state index contributed by atoms with van der Waals surface area (Å²) in [5.41, 5.74) is 0.831. The number of likely N-dealkylation sites (tertiary alicyclic amines) is 1. The fraction of sp³-hybridized carbons (Fsp3) is 0.407. The van der Waals surface area contributed by atoms with E-state index < -0.39 is 17.7 Å². The van der Waals surface area contributed by atoms with Crippen molar-refractivity contribution in [3.8, 4) is 23.0 Å². The molecule has 194 valence electrons. The molecule has 0 saturated carbocycles. The van der Waals surface area contributed by atoms with Crippen molar-refractivity contribution in [3.05, 3.63) is 53.1 Å². The predicted molar refractivity (Wildman–Crippen MR) is 136 cm³/mol. The Morgan fingerprint density at radius 3 is 2.11 bits per heavy atom. The molecule has 0 bridgehead atoms. The molecule has 1 saturated heterocycles. The van der Waals surface area contributed by atoms with Gasteiger partial charge in [-0.3, -0.25) is 9.59 Å². The van der Waals surface area contributed by atoms with Crippen molar-refractivity contribution in [2.24, 2.45) is 0 Å². The number of ether oxygens (including phenoxy) is 4. The van der Waals surface area contributed by atoms with Crippen molar-refractivity contribution >= 4 is 17.4 Å². The van der Waals surface area contributed by atoms with Crippen LogP contribution in [0.25, 0.3) is 5.76 Å². The van der Waals surface area contributed by atoms with Crippen molar-refractivity contribution in [2.45, 2.75) is 19.9 Å². The molecule has 36 heavy (non-hydrogen) atoms. The Morgan fingerprint density at radius 2 is 1.53 bits per heavy atom. The van der Waals surface area contributed by atoms with Crippen LogP contribution in [0.3, 0.4) is 0 Å². The molecule has 9 nitrogen and oxygen atoms in total. The monoisotopic (exact) mass is 498 g/mol. The van der Waals surface area contributed by atoms with Crippen LogP contribution >= 0.6 is 0 Å². The first-order valence-electron chi connectivity index (χ1n) is 11.8. The number of carbonyl (C=O) groups is 2. The van der Waals surface area contributed by atoms with E-state index in [9.17, 15) is 14.7 Å². The zero-order valence-corrected chi connectivity index (χ0v) is 21.7. The zero-order chi connectivity index (χ0) is 26.4. The molecule has 1 heterocycles. The summed E-state index contributed by atoms with van der Waals surface area (Å²) in [6, 6.07) is 9.25. The normalized spacial score (nSPS) is 17.0. The second-order valence-electron chi connectivity index (χ2n) is 8.20. The number of rotatable bonds is 11. The van der Waals surface area contributed by atoms with Gasteiger partial charge in [-0.15, -0.1) is 0 Å². The van der Waals surface area contributed by atoms with Crippen LogP contribution < -0.4 is 18.9 Å². The third-order valence-electron chi connectivity index (χ3n) is 6.48. The SMILES string of the molecule is CCN(CC)CCN1C(=O)C(=O)/C(=C(/O)c2cc(OC)ccc2OC)C1c1ccc(OC)c(OC)c1. The van der Waals surface area contributed by atoms with Gasteiger partial charge < -0.3 is 33.9 Å². The third kappa shape index (κ3) is 5.11. The van der Waals surface area contributed by atoms with E-state index in [0.29, 0.717) is 41.7 Å². The summed E-state index contributed by atoms with van der Waals surface area (Å²) in [5, 5.41) is 11.5. The second kappa shape index (κ2) is 11.8. The number of aliphatic hydroxyl groups is 1. The van der Waals surface area contributed by atoms with E-state index in [1.165, 1.54) is 33.3 Å².